The van der Waals surface area contributed by atoms with Crippen molar-refractivity contribution >= 4 is 5.97 Å². The summed E-state index contributed by atoms with van der Waals surface area (Å²) >= 11 is 0. The Labute approximate surface area is 145 Å². The van der Waals surface area contributed by atoms with Crippen molar-refractivity contribution in [3.05, 3.63) is 89.5 Å². The minimum absolute atomic E-state index is 0.0565. The summed E-state index contributed by atoms with van der Waals surface area (Å²) in [6.07, 6.45) is 0. The Morgan fingerprint density at radius 3 is 2.44 bits per heavy atom. The zero-order valence-corrected chi connectivity index (χ0v) is 13.6. The van der Waals surface area contributed by atoms with Gasteiger partial charge in [0.25, 0.3) is 0 Å². The number of benzene rings is 3. The van der Waals surface area contributed by atoms with E-state index in [0.29, 0.717) is 17.1 Å². The van der Waals surface area contributed by atoms with Crippen LogP contribution in [0.25, 0.3) is 0 Å². The second kappa shape index (κ2) is 5.67. The minimum Gasteiger partial charge on any atom is -0.508 e. The highest BCUT2D eigenvalue weighted by atomic mass is 16.5. The van der Waals surface area contributed by atoms with Crippen molar-refractivity contribution in [1.29, 1.82) is 0 Å². The number of carbonyl (C=O) groups excluding carboxylic acids is 1. The zero-order valence-electron chi connectivity index (χ0n) is 13.6. The van der Waals surface area contributed by atoms with Crippen LogP contribution < -0.4 is 9.47 Å². The highest BCUT2D eigenvalue weighted by Crippen LogP contribution is 2.50. The first-order chi connectivity index (χ1) is 12.2. The molecule has 0 fully saturated rings. The van der Waals surface area contributed by atoms with Crippen molar-refractivity contribution in [1.82, 2.24) is 0 Å². The molecule has 0 amide bonds. The number of hydrogen-bond donors (Lipinski definition) is 1. The number of esters is 1. The third-order valence-corrected chi connectivity index (χ3v) is 4.59. The Kier molecular flexibility index (Phi) is 3.46. The summed E-state index contributed by atoms with van der Waals surface area (Å²) < 4.78 is 10.9. The van der Waals surface area contributed by atoms with Crippen LogP contribution in [-0.4, -0.2) is 18.2 Å². The highest BCUT2D eigenvalue weighted by molar-refractivity contribution is 5.98. The van der Waals surface area contributed by atoms with Gasteiger partial charge in [-0.1, -0.05) is 42.5 Å². The molecule has 0 radical (unpaired) electrons. The number of methoxy groups -OCH3 is 1. The average Bonchev–Trinajstić information content (AvgIpc) is 2.94. The Hall–Kier alpha value is -3.27. The fourth-order valence-electron chi connectivity index (χ4n) is 3.45. The lowest BCUT2D eigenvalue weighted by atomic mass is 9.70. The smallest absolute Gasteiger partial charge is 0.331 e. The van der Waals surface area contributed by atoms with Crippen LogP contribution in [0.3, 0.4) is 0 Å². The quantitative estimate of drug-likeness (QED) is 0.587. The molecule has 1 N–H and O–H groups in total. The lowest BCUT2D eigenvalue weighted by molar-refractivity contribution is -0.135. The summed E-state index contributed by atoms with van der Waals surface area (Å²) in [4.78, 5) is 13.1. The van der Waals surface area contributed by atoms with E-state index in [-0.39, 0.29) is 5.75 Å². The molecule has 4 rings (SSSR count). The highest BCUT2D eigenvalue weighted by Gasteiger charge is 2.52. The van der Waals surface area contributed by atoms with Crippen LogP contribution in [0.1, 0.15) is 16.7 Å². The van der Waals surface area contributed by atoms with Gasteiger partial charge in [-0.2, -0.15) is 0 Å². The van der Waals surface area contributed by atoms with Crippen LogP contribution in [0.15, 0.2) is 72.8 Å². The standard InChI is InChI=1S/C21H16O4/c1-24-17-9-5-8-15(12-17)21(14-6-3-2-4-7-14)18-11-10-16(22)13-19(18)25-20(21)23/h2-13,22H,1H3. The van der Waals surface area contributed by atoms with Crippen molar-refractivity contribution < 1.29 is 19.4 Å². The van der Waals surface area contributed by atoms with Gasteiger partial charge in [0.2, 0.25) is 0 Å². The van der Waals surface area contributed by atoms with E-state index in [1.165, 1.54) is 6.07 Å². The molecule has 25 heavy (non-hydrogen) atoms. The Morgan fingerprint density at radius 2 is 1.68 bits per heavy atom. The Morgan fingerprint density at radius 1 is 0.920 bits per heavy atom. The first kappa shape index (κ1) is 15.3. The van der Waals surface area contributed by atoms with Crippen molar-refractivity contribution in [3.8, 4) is 17.2 Å². The van der Waals surface area contributed by atoms with Crippen LogP contribution in [-0.2, 0) is 10.2 Å². The Balaban J connectivity index is 2.07. The number of hydrogen-bond acceptors (Lipinski definition) is 4. The monoisotopic (exact) mass is 332 g/mol. The van der Waals surface area contributed by atoms with Crippen molar-refractivity contribution in [2.24, 2.45) is 0 Å². The molecule has 3 aromatic carbocycles. The van der Waals surface area contributed by atoms with Gasteiger partial charge < -0.3 is 14.6 Å². The largest absolute Gasteiger partial charge is 0.508 e. The van der Waals surface area contributed by atoms with Crippen LogP contribution >= 0.6 is 0 Å². The van der Waals surface area contributed by atoms with E-state index in [1.807, 2.05) is 54.6 Å². The maximum Gasteiger partial charge on any atom is 0.331 e. The SMILES string of the molecule is COc1cccc(C2(c3ccccc3)C(=O)Oc3cc(O)ccc32)c1. The molecule has 1 heterocycles. The van der Waals surface area contributed by atoms with Gasteiger partial charge in [0.1, 0.15) is 22.7 Å². The second-order valence-corrected chi connectivity index (χ2v) is 5.92. The molecule has 1 aliphatic rings. The second-order valence-electron chi connectivity index (χ2n) is 5.92. The van der Waals surface area contributed by atoms with Gasteiger partial charge in [-0.15, -0.1) is 0 Å². The van der Waals surface area contributed by atoms with Crippen LogP contribution in [0, 0.1) is 0 Å². The van der Waals surface area contributed by atoms with E-state index < -0.39 is 11.4 Å². The molecule has 3 aromatic rings. The number of phenolic OH excluding ortho intramolecular Hbond substituents is 1. The molecule has 1 unspecified atom stereocenters. The third kappa shape index (κ3) is 2.18. The minimum atomic E-state index is -1.10. The van der Waals surface area contributed by atoms with Gasteiger partial charge in [0.15, 0.2) is 0 Å². The van der Waals surface area contributed by atoms with E-state index in [9.17, 15) is 9.90 Å². The molecule has 4 nitrogen and oxygen atoms in total. The summed E-state index contributed by atoms with van der Waals surface area (Å²) in [6, 6.07) is 21.7. The summed E-state index contributed by atoms with van der Waals surface area (Å²) in [6.45, 7) is 0. The molecule has 0 aromatic heterocycles. The first-order valence-electron chi connectivity index (χ1n) is 7.92. The summed E-state index contributed by atoms with van der Waals surface area (Å²) in [7, 11) is 1.59. The number of ether oxygens (including phenoxy) is 2. The van der Waals surface area contributed by atoms with Crippen LogP contribution in [0.4, 0.5) is 0 Å². The van der Waals surface area contributed by atoms with E-state index in [2.05, 4.69) is 0 Å². The summed E-state index contributed by atoms with van der Waals surface area (Å²) in [5.41, 5.74) is 1.17. The lowest BCUT2D eigenvalue weighted by Crippen LogP contribution is -2.36. The van der Waals surface area contributed by atoms with Gasteiger partial charge in [-0.3, -0.25) is 0 Å². The normalized spacial score (nSPS) is 18.5. The zero-order chi connectivity index (χ0) is 17.4. The van der Waals surface area contributed by atoms with Crippen LogP contribution in [0.2, 0.25) is 0 Å². The third-order valence-electron chi connectivity index (χ3n) is 4.59. The predicted molar refractivity (Wildman–Crippen MR) is 93.1 cm³/mol. The van der Waals surface area contributed by atoms with Crippen molar-refractivity contribution in [2.45, 2.75) is 5.41 Å². The maximum absolute atomic E-state index is 13.1. The van der Waals surface area contributed by atoms with Crippen molar-refractivity contribution in [3.63, 3.8) is 0 Å². The lowest BCUT2D eigenvalue weighted by Gasteiger charge is -2.27. The van der Waals surface area contributed by atoms with Crippen LogP contribution in [0.5, 0.6) is 17.2 Å². The van der Waals surface area contributed by atoms with E-state index in [0.717, 1.165) is 11.1 Å². The molecule has 0 saturated carbocycles. The first-order valence-corrected chi connectivity index (χ1v) is 7.92. The topological polar surface area (TPSA) is 55.8 Å². The molecule has 0 spiro atoms. The number of fused-ring (bicyclic) bond motifs is 1. The molecule has 0 bridgehead atoms. The summed E-state index contributed by atoms with van der Waals surface area (Å²) in [5, 5.41) is 9.76. The fraction of sp³-hybridized carbons (Fsp3) is 0.0952. The maximum atomic E-state index is 13.1. The van der Waals surface area contributed by atoms with E-state index in [1.54, 1.807) is 19.2 Å². The fourth-order valence-corrected chi connectivity index (χ4v) is 3.45. The predicted octanol–water partition coefficient (Wildman–Crippen LogP) is 3.65. The Bertz CT molecular complexity index is 949. The van der Waals surface area contributed by atoms with Gasteiger partial charge in [0.05, 0.1) is 7.11 Å². The molecule has 1 aliphatic heterocycles. The number of aromatic hydroxyl groups is 1. The van der Waals surface area contributed by atoms with Gasteiger partial charge in [-0.05, 0) is 35.4 Å². The number of phenols is 1. The van der Waals surface area contributed by atoms with Crippen molar-refractivity contribution in [2.75, 3.05) is 7.11 Å². The van der Waals surface area contributed by atoms with Gasteiger partial charge in [0, 0.05) is 11.6 Å². The van der Waals surface area contributed by atoms with Gasteiger partial charge >= 0.3 is 5.97 Å². The molecular weight excluding hydrogens is 316 g/mol. The molecular formula is C21H16O4. The number of rotatable bonds is 3. The van der Waals surface area contributed by atoms with Gasteiger partial charge in [-0.25, -0.2) is 4.79 Å². The molecule has 4 heteroatoms. The molecule has 124 valence electrons. The average molecular weight is 332 g/mol. The van der Waals surface area contributed by atoms with E-state index in [4.69, 9.17) is 9.47 Å². The molecule has 0 aliphatic carbocycles. The van der Waals surface area contributed by atoms with E-state index >= 15 is 0 Å². The summed E-state index contributed by atoms with van der Waals surface area (Å²) in [5.74, 6) is 0.693. The molecule has 1 atom stereocenters. The molecule has 0 saturated heterocycles. The number of carbonyl (C=O) groups is 1.